The number of nitrogens with two attached hydrogens (primary N) is 1. The number of aromatic nitrogens is 3. The summed E-state index contributed by atoms with van der Waals surface area (Å²) in [7, 11) is -4.28. The molecule has 0 aliphatic heterocycles. The van der Waals surface area contributed by atoms with Crippen LogP contribution in [0.3, 0.4) is 0 Å². The van der Waals surface area contributed by atoms with Gasteiger partial charge in [-0.3, -0.25) is 19.6 Å². The molecule has 1 amide bonds. The first-order valence-corrected chi connectivity index (χ1v) is 15.3. The number of sulfonamides is 1. The van der Waals surface area contributed by atoms with Crippen LogP contribution >= 0.6 is 35.0 Å². The normalized spacial score (nSPS) is 11.3. The summed E-state index contributed by atoms with van der Waals surface area (Å²) in [5.74, 6) is 0.357. The molecule has 42 heavy (non-hydrogen) atoms. The monoisotopic (exact) mass is 643 g/mol. The molecule has 4 N–H and O–H groups in total. The third-order valence-corrected chi connectivity index (χ3v) is 9.13. The van der Waals surface area contributed by atoms with Crippen LogP contribution < -0.4 is 15.2 Å². The maximum absolute atomic E-state index is 13.3. The average molecular weight is 645 g/mol. The molecule has 0 atom stereocenters. The summed E-state index contributed by atoms with van der Waals surface area (Å²) in [5, 5.41) is 7.29. The minimum Gasteiger partial charge on any atom is -0.457 e. The van der Waals surface area contributed by atoms with Crippen molar-refractivity contribution in [2.75, 3.05) is 4.72 Å². The number of thioether (sulfide) groups is 1. The van der Waals surface area contributed by atoms with Crippen LogP contribution in [0, 0.1) is 5.82 Å². The van der Waals surface area contributed by atoms with Gasteiger partial charge in [-0.1, -0.05) is 53.2 Å². The highest BCUT2D eigenvalue weighted by Gasteiger charge is 2.26. The molecular formula is C28H20Cl2FN5O4S2. The predicted octanol–water partition coefficient (Wildman–Crippen LogP) is 6.90. The van der Waals surface area contributed by atoms with Gasteiger partial charge in [-0.2, -0.15) is 5.10 Å². The Balaban J connectivity index is 1.46. The molecule has 2 aromatic heterocycles. The van der Waals surface area contributed by atoms with Crippen molar-refractivity contribution >= 4 is 56.7 Å². The number of amides is 1. The molecule has 0 saturated carbocycles. The molecule has 0 saturated heterocycles. The number of nitrogens with one attached hydrogen (secondary N) is 2. The zero-order valence-corrected chi connectivity index (χ0v) is 24.5. The second kappa shape index (κ2) is 12.4. The molecule has 0 radical (unpaired) electrons. The highest BCUT2D eigenvalue weighted by Crippen LogP contribution is 2.39. The van der Waals surface area contributed by atoms with E-state index >= 15 is 0 Å². The number of carbonyl (C=O) groups is 1. The van der Waals surface area contributed by atoms with E-state index in [2.05, 4.69) is 19.9 Å². The smallest absolute Gasteiger partial charge is 0.266 e. The largest absolute Gasteiger partial charge is 0.457 e. The van der Waals surface area contributed by atoms with Crippen LogP contribution in [-0.4, -0.2) is 29.5 Å². The lowest BCUT2D eigenvalue weighted by Gasteiger charge is -2.12. The number of carbonyl (C=O) groups excluding carboxylic acids is 1. The standard InChI is InChI=1S/C28H20Cl2FN5O4S2/c29-21-5-2-6-22(30)25(21)42(38,39)36-27-24(23-14-17(26(32)37)11-12-33-23)28(35-34-27)41-15-16-3-1-4-20(13-16)40-19-9-7-18(31)8-10-19/h1-14H,15H2,(H2,32,37)(H2,34,35,36). The summed E-state index contributed by atoms with van der Waals surface area (Å²) >= 11 is 13.6. The van der Waals surface area contributed by atoms with E-state index in [-0.39, 0.29) is 43.4 Å². The van der Waals surface area contributed by atoms with Crippen LogP contribution in [0.2, 0.25) is 10.0 Å². The molecule has 9 nitrogen and oxygen atoms in total. The van der Waals surface area contributed by atoms with Crippen LogP contribution in [0.5, 0.6) is 11.5 Å². The van der Waals surface area contributed by atoms with Crippen molar-refractivity contribution in [2.45, 2.75) is 15.7 Å². The molecule has 2 heterocycles. The van der Waals surface area contributed by atoms with Gasteiger partial charge < -0.3 is 10.5 Å². The van der Waals surface area contributed by atoms with Gasteiger partial charge in [0.2, 0.25) is 5.91 Å². The van der Waals surface area contributed by atoms with Gasteiger partial charge in [0, 0.05) is 17.5 Å². The highest BCUT2D eigenvalue weighted by molar-refractivity contribution is 7.98. The SMILES string of the molecule is NC(=O)c1ccnc(-c2c(SCc3cccc(Oc4ccc(F)cc4)c3)n[nH]c2NS(=O)(=O)c2c(Cl)cccc2Cl)c1. The number of rotatable bonds is 10. The van der Waals surface area contributed by atoms with E-state index in [0.717, 1.165) is 5.56 Å². The van der Waals surface area contributed by atoms with Gasteiger partial charge in [0.1, 0.15) is 33.1 Å². The summed E-state index contributed by atoms with van der Waals surface area (Å²) in [6.07, 6.45) is 1.39. The molecular weight excluding hydrogens is 624 g/mol. The van der Waals surface area contributed by atoms with Gasteiger partial charge in [-0.05, 0) is 66.2 Å². The van der Waals surface area contributed by atoms with E-state index in [4.69, 9.17) is 33.7 Å². The van der Waals surface area contributed by atoms with E-state index in [9.17, 15) is 17.6 Å². The predicted molar refractivity (Wildman–Crippen MR) is 160 cm³/mol. The topological polar surface area (TPSA) is 140 Å². The van der Waals surface area contributed by atoms with Crippen molar-refractivity contribution in [3.05, 3.63) is 112 Å². The number of H-pyrrole nitrogens is 1. The lowest BCUT2D eigenvalue weighted by atomic mass is 10.1. The molecule has 0 fully saturated rings. The Kier molecular flexibility index (Phi) is 8.69. The zero-order valence-electron chi connectivity index (χ0n) is 21.3. The Morgan fingerprint density at radius 3 is 2.43 bits per heavy atom. The van der Waals surface area contributed by atoms with Crippen molar-refractivity contribution in [3.63, 3.8) is 0 Å². The molecule has 0 bridgehead atoms. The van der Waals surface area contributed by atoms with Crippen molar-refractivity contribution < 1.29 is 22.3 Å². The summed E-state index contributed by atoms with van der Waals surface area (Å²) in [5.41, 5.74) is 7.03. The molecule has 3 aromatic carbocycles. The number of primary amides is 1. The molecule has 214 valence electrons. The number of aromatic amines is 1. The van der Waals surface area contributed by atoms with Crippen molar-refractivity contribution in [1.29, 1.82) is 0 Å². The minimum atomic E-state index is -4.28. The van der Waals surface area contributed by atoms with E-state index in [1.807, 2.05) is 18.2 Å². The van der Waals surface area contributed by atoms with Crippen LogP contribution in [-0.2, 0) is 15.8 Å². The molecule has 0 spiro atoms. The second-order valence-electron chi connectivity index (χ2n) is 8.72. The Hall–Kier alpha value is -4.10. The number of anilines is 1. The third-order valence-electron chi connectivity index (χ3n) is 5.78. The van der Waals surface area contributed by atoms with Crippen LogP contribution in [0.25, 0.3) is 11.3 Å². The number of hydrogen-bond acceptors (Lipinski definition) is 7. The number of nitrogens with zero attached hydrogens (tertiary/aromatic N) is 2. The first-order valence-electron chi connectivity index (χ1n) is 12.1. The highest BCUT2D eigenvalue weighted by atomic mass is 35.5. The lowest BCUT2D eigenvalue weighted by molar-refractivity contribution is 0.1000. The molecule has 0 aliphatic carbocycles. The maximum Gasteiger partial charge on any atom is 0.266 e. The van der Waals surface area contributed by atoms with Crippen molar-refractivity contribution in [2.24, 2.45) is 5.73 Å². The minimum absolute atomic E-state index is 0.0176. The maximum atomic E-state index is 13.3. The zero-order chi connectivity index (χ0) is 29.9. The van der Waals surface area contributed by atoms with E-state index in [0.29, 0.717) is 22.3 Å². The first kappa shape index (κ1) is 29.4. The number of hydrogen-bond donors (Lipinski definition) is 3. The van der Waals surface area contributed by atoms with Gasteiger partial charge in [0.05, 0.1) is 21.3 Å². The Labute approximate surface area is 254 Å². The summed E-state index contributed by atoms with van der Waals surface area (Å²) in [4.78, 5) is 15.9. The van der Waals surface area contributed by atoms with Gasteiger partial charge in [0.25, 0.3) is 10.0 Å². The van der Waals surface area contributed by atoms with Gasteiger partial charge in [-0.25, -0.2) is 12.8 Å². The number of benzene rings is 3. The molecule has 0 aliphatic rings. The fourth-order valence-corrected chi connectivity index (χ4v) is 6.99. The Bertz CT molecular complexity index is 1870. The van der Waals surface area contributed by atoms with E-state index in [1.54, 1.807) is 6.07 Å². The molecule has 5 aromatic rings. The van der Waals surface area contributed by atoms with Crippen molar-refractivity contribution in [3.8, 4) is 22.8 Å². The number of halogens is 3. The van der Waals surface area contributed by atoms with Gasteiger partial charge >= 0.3 is 0 Å². The average Bonchev–Trinajstić information content (AvgIpc) is 3.34. The fraction of sp³-hybridized carbons (Fsp3) is 0.0357. The van der Waals surface area contributed by atoms with Crippen LogP contribution in [0.1, 0.15) is 15.9 Å². The Morgan fingerprint density at radius 1 is 1.00 bits per heavy atom. The summed E-state index contributed by atoms with van der Waals surface area (Å²) in [6.45, 7) is 0. The van der Waals surface area contributed by atoms with Crippen molar-refractivity contribution in [1.82, 2.24) is 15.2 Å². The first-order chi connectivity index (χ1) is 20.1. The van der Waals surface area contributed by atoms with E-state index in [1.165, 1.54) is 72.6 Å². The van der Waals surface area contributed by atoms with Crippen LogP contribution in [0.4, 0.5) is 10.2 Å². The molecule has 5 rings (SSSR count). The molecule has 0 unspecified atom stereocenters. The summed E-state index contributed by atoms with van der Waals surface area (Å²) in [6, 6.07) is 20.2. The molecule has 14 heteroatoms. The third kappa shape index (κ3) is 6.68. The van der Waals surface area contributed by atoms with Gasteiger partial charge in [-0.15, -0.1) is 0 Å². The number of ether oxygens (including phenoxy) is 1. The lowest BCUT2D eigenvalue weighted by Crippen LogP contribution is -2.15. The fourth-order valence-electron chi connectivity index (χ4n) is 3.88. The quantitative estimate of drug-likeness (QED) is 0.141. The summed E-state index contributed by atoms with van der Waals surface area (Å²) < 4.78 is 48.2. The van der Waals surface area contributed by atoms with Gasteiger partial charge in [0.15, 0.2) is 0 Å². The Morgan fingerprint density at radius 2 is 1.71 bits per heavy atom. The van der Waals surface area contributed by atoms with E-state index < -0.39 is 15.9 Å². The second-order valence-corrected chi connectivity index (χ2v) is 12.1. The number of pyridine rings is 1. The van der Waals surface area contributed by atoms with Crippen LogP contribution in [0.15, 0.2) is 95.0 Å².